The Hall–Kier alpha value is -0.0800. The molecule has 0 spiro atoms. The van der Waals surface area contributed by atoms with Crippen LogP contribution in [0, 0.1) is 11.8 Å². The molecule has 0 bridgehead atoms. The van der Waals surface area contributed by atoms with Gasteiger partial charge in [-0.25, -0.2) is 0 Å². The van der Waals surface area contributed by atoms with Gasteiger partial charge >= 0.3 is 0 Å². The Morgan fingerprint density at radius 2 is 1.47 bits per heavy atom. The topological polar surface area (TPSA) is 32.3 Å². The van der Waals surface area contributed by atoms with Crippen LogP contribution >= 0.6 is 0 Å². The first-order chi connectivity index (χ1) is 7.34. The molecule has 2 nitrogen and oxygen atoms in total. The molecule has 0 unspecified atom stereocenters. The van der Waals surface area contributed by atoms with Gasteiger partial charge in [0.25, 0.3) is 0 Å². The molecule has 3 fully saturated rings. The van der Waals surface area contributed by atoms with E-state index in [1.165, 1.54) is 44.9 Å². The number of hydrogen-bond donors (Lipinski definition) is 2. The Bertz CT molecular complexity index is 211. The van der Waals surface area contributed by atoms with E-state index in [4.69, 9.17) is 0 Å². The zero-order chi connectivity index (χ0) is 10.3. The lowest BCUT2D eigenvalue weighted by Crippen LogP contribution is -2.48. The van der Waals surface area contributed by atoms with Gasteiger partial charge in [-0.3, -0.25) is 0 Å². The van der Waals surface area contributed by atoms with E-state index in [-0.39, 0.29) is 6.10 Å². The van der Waals surface area contributed by atoms with Crippen molar-refractivity contribution in [1.82, 2.24) is 5.32 Å². The molecule has 3 saturated carbocycles. The average molecular weight is 209 g/mol. The lowest BCUT2D eigenvalue weighted by molar-refractivity contribution is 0.0812. The third-order valence-electron chi connectivity index (χ3n) is 4.40. The van der Waals surface area contributed by atoms with E-state index in [0.29, 0.717) is 6.04 Å². The zero-order valence-electron chi connectivity index (χ0n) is 9.49. The van der Waals surface area contributed by atoms with Gasteiger partial charge in [0.05, 0.1) is 6.10 Å². The van der Waals surface area contributed by atoms with E-state index in [2.05, 4.69) is 5.32 Å². The molecule has 0 aromatic heterocycles. The third kappa shape index (κ3) is 2.36. The maximum Gasteiger partial charge on any atom is 0.0693 e. The lowest BCUT2D eigenvalue weighted by atomic mass is 9.91. The maximum absolute atomic E-state index is 9.96. The minimum atomic E-state index is -0.0706. The number of aliphatic hydroxyl groups is 1. The van der Waals surface area contributed by atoms with Crippen LogP contribution in [-0.4, -0.2) is 23.3 Å². The molecule has 3 aliphatic rings. The van der Waals surface area contributed by atoms with E-state index in [0.717, 1.165) is 24.3 Å². The SMILES string of the molecule is O[C@H]1CCCC[C@@H]1NC(C1CC1)C1CC1. The molecule has 0 amide bonds. The summed E-state index contributed by atoms with van der Waals surface area (Å²) in [5.41, 5.74) is 0. The molecular weight excluding hydrogens is 186 g/mol. The third-order valence-corrected chi connectivity index (χ3v) is 4.40. The fourth-order valence-electron chi connectivity index (χ4n) is 3.12. The standard InChI is InChI=1S/C13H23NO/c15-12-4-2-1-3-11(12)14-13(9-5-6-9)10-7-8-10/h9-15H,1-8H2/t11-,12-/m0/s1. The predicted molar refractivity (Wildman–Crippen MR) is 60.6 cm³/mol. The smallest absolute Gasteiger partial charge is 0.0693 e. The van der Waals surface area contributed by atoms with Crippen molar-refractivity contribution < 1.29 is 5.11 Å². The number of aliphatic hydroxyl groups excluding tert-OH is 1. The Balaban J connectivity index is 1.56. The molecule has 0 heterocycles. The number of hydrogen-bond acceptors (Lipinski definition) is 2. The average Bonchev–Trinajstić information content (AvgIpc) is 3.10. The first-order valence-corrected chi connectivity index (χ1v) is 6.79. The maximum atomic E-state index is 9.96. The first-order valence-electron chi connectivity index (χ1n) is 6.79. The molecule has 2 heteroatoms. The van der Waals surface area contributed by atoms with Crippen molar-refractivity contribution in [1.29, 1.82) is 0 Å². The highest BCUT2D eigenvalue weighted by Gasteiger charge is 2.42. The molecule has 2 atom stereocenters. The minimum Gasteiger partial charge on any atom is -0.392 e. The van der Waals surface area contributed by atoms with Crippen molar-refractivity contribution in [3.8, 4) is 0 Å². The van der Waals surface area contributed by atoms with Gasteiger partial charge in [0.1, 0.15) is 0 Å². The van der Waals surface area contributed by atoms with Crippen molar-refractivity contribution in [3.05, 3.63) is 0 Å². The molecule has 0 saturated heterocycles. The van der Waals surface area contributed by atoms with Gasteiger partial charge < -0.3 is 10.4 Å². The molecule has 3 rings (SSSR count). The lowest BCUT2D eigenvalue weighted by Gasteiger charge is -2.32. The van der Waals surface area contributed by atoms with Crippen LogP contribution < -0.4 is 5.32 Å². The summed E-state index contributed by atoms with van der Waals surface area (Å²) in [6, 6.07) is 1.16. The molecular formula is C13H23NO. The van der Waals surface area contributed by atoms with Crippen molar-refractivity contribution in [2.24, 2.45) is 11.8 Å². The van der Waals surface area contributed by atoms with Crippen LogP contribution in [-0.2, 0) is 0 Å². The highest BCUT2D eigenvalue weighted by Crippen LogP contribution is 2.45. The second-order valence-corrected chi connectivity index (χ2v) is 5.83. The van der Waals surface area contributed by atoms with Crippen LogP contribution in [0.25, 0.3) is 0 Å². The fraction of sp³-hybridized carbons (Fsp3) is 1.00. The Labute approximate surface area is 92.4 Å². The van der Waals surface area contributed by atoms with Crippen LogP contribution in [0.15, 0.2) is 0 Å². The highest BCUT2D eigenvalue weighted by atomic mass is 16.3. The molecule has 15 heavy (non-hydrogen) atoms. The van der Waals surface area contributed by atoms with Gasteiger partial charge in [-0.1, -0.05) is 12.8 Å². The van der Waals surface area contributed by atoms with E-state index in [1.807, 2.05) is 0 Å². The summed E-state index contributed by atoms with van der Waals surface area (Å²) in [5.74, 6) is 1.90. The fourth-order valence-corrected chi connectivity index (χ4v) is 3.12. The Morgan fingerprint density at radius 3 is 2.00 bits per heavy atom. The number of rotatable bonds is 4. The summed E-state index contributed by atoms with van der Waals surface area (Å²) in [6.45, 7) is 0. The second kappa shape index (κ2) is 4.06. The Kier molecular flexibility index (Phi) is 2.73. The minimum absolute atomic E-state index is 0.0706. The quantitative estimate of drug-likeness (QED) is 0.743. The van der Waals surface area contributed by atoms with Crippen molar-refractivity contribution >= 4 is 0 Å². The number of nitrogens with one attached hydrogen (secondary N) is 1. The van der Waals surface area contributed by atoms with Gasteiger partial charge in [0.2, 0.25) is 0 Å². The van der Waals surface area contributed by atoms with Crippen LogP contribution in [0.2, 0.25) is 0 Å². The molecule has 2 N–H and O–H groups in total. The summed E-state index contributed by atoms with van der Waals surface area (Å²) in [5, 5.41) is 13.7. The van der Waals surface area contributed by atoms with Crippen LogP contribution in [0.5, 0.6) is 0 Å². The van der Waals surface area contributed by atoms with Crippen molar-refractivity contribution in [3.63, 3.8) is 0 Å². The first kappa shape index (κ1) is 10.1. The monoisotopic (exact) mass is 209 g/mol. The summed E-state index contributed by atoms with van der Waals surface area (Å²) in [6.07, 6.45) is 10.4. The van der Waals surface area contributed by atoms with Crippen LogP contribution in [0.3, 0.4) is 0 Å². The Morgan fingerprint density at radius 1 is 0.867 bits per heavy atom. The van der Waals surface area contributed by atoms with E-state index in [9.17, 15) is 5.11 Å². The van der Waals surface area contributed by atoms with Gasteiger partial charge in [-0.2, -0.15) is 0 Å². The predicted octanol–water partition coefficient (Wildman–Crippen LogP) is 2.07. The van der Waals surface area contributed by atoms with Crippen LogP contribution in [0.4, 0.5) is 0 Å². The van der Waals surface area contributed by atoms with Gasteiger partial charge in [0.15, 0.2) is 0 Å². The summed E-state index contributed by atoms with van der Waals surface area (Å²) in [4.78, 5) is 0. The van der Waals surface area contributed by atoms with Gasteiger partial charge in [-0.15, -0.1) is 0 Å². The molecule has 3 aliphatic carbocycles. The highest BCUT2D eigenvalue weighted by molar-refractivity contribution is 4.98. The van der Waals surface area contributed by atoms with E-state index < -0.39 is 0 Å². The molecule has 0 aromatic carbocycles. The molecule has 0 radical (unpaired) electrons. The zero-order valence-corrected chi connectivity index (χ0v) is 9.49. The molecule has 0 aliphatic heterocycles. The summed E-state index contributed by atoms with van der Waals surface area (Å²) < 4.78 is 0. The van der Waals surface area contributed by atoms with Gasteiger partial charge in [0, 0.05) is 12.1 Å². The van der Waals surface area contributed by atoms with Crippen molar-refractivity contribution in [2.75, 3.05) is 0 Å². The summed E-state index contributed by atoms with van der Waals surface area (Å²) in [7, 11) is 0. The van der Waals surface area contributed by atoms with E-state index in [1.54, 1.807) is 0 Å². The largest absolute Gasteiger partial charge is 0.392 e. The second-order valence-electron chi connectivity index (χ2n) is 5.83. The van der Waals surface area contributed by atoms with Gasteiger partial charge in [-0.05, 0) is 50.4 Å². The molecule has 0 aromatic rings. The normalized spacial score (nSPS) is 37.2. The van der Waals surface area contributed by atoms with Crippen LogP contribution in [0.1, 0.15) is 51.4 Å². The van der Waals surface area contributed by atoms with Crippen molar-refractivity contribution in [2.45, 2.75) is 69.6 Å². The molecule has 86 valence electrons. The van der Waals surface area contributed by atoms with E-state index >= 15 is 0 Å². The summed E-state index contributed by atoms with van der Waals surface area (Å²) >= 11 is 0.